The highest BCUT2D eigenvalue weighted by Crippen LogP contribution is 2.36. The van der Waals surface area contributed by atoms with Gasteiger partial charge in [0.25, 0.3) is 0 Å². The highest BCUT2D eigenvalue weighted by molar-refractivity contribution is 7.11. The first-order valence-corrected chi connectivity index (χ1v) is 11.8. The molecule has 1 aliphatic rings. The molecule has 0 saturated heterocycles. The molecular weight excluding hydrogens is 460 g/mol. The fraction of sp³-hybridized carbons (Fsp3) is 0.107. The van der Waals surface area contributed by atoms with Crippen molar-refractivity contribution in [1.82, 2.24) is 4.98 Å². The fourth-order valence-electron chi connectivity index (χ4n) is 3.53. The van der Waals surface area contributed by atoms with E-state index >= 15 is 0 Å². The van der Waals surface area contributed by atoms with Crippen LogP contribution in [0.25, 0.3) is 22.9 Å². The third kappa shape index (κ3) is 5.08. The van der Waals surface area contributed by atoms with Gasteiger partial charge in [0, 0.05) is 16.5 Å². The topological polar surface area (TPSA) is 81.4 Å². The Bertz CT molecular complexity index is 1450. The summed E-state index contributed by atoms with van der Waals surface area (Å²) in [6.45, 7) is 2.16. The number of benzene rings is 3. The van der Waals surface area contributed by atoms with E-state index in [4.69, 9.17) is 14.2 Å². The highest BCUT2D eigenvalue weighted by Gasteiger charge is 2.16. The van der Waals surface area contributed by atoms with Gasteiger partial charge in [0.05, 0.1) is 11.3 Å². The Morgan fingerprint density at radius 2 is 1.86 bits per heavy atom. The van der Waals surface area contributed by atoms with Gasteiger partial charge >= 0.3 is 0 Å². The number of nitrogens with zero attached hydrogens (tertiary/aromatic N) is 2. The molecule has 1 aromatic heterocycles. The first kappa shape index (κ1) is 22.4. The molecule has 1 aliphatic heterocycles. The number of Topliss-reactive ketones (excluding diaryl/α,β-unsaturated/α-hetero) is 1. The molecule has 0 fully saturated rings. The number of hydrogen-bond acceptors (Lipinski definition) is 7. The molecule has 6 nitrogen and oxygen atoms in total. The summed E-state index contributed by atoms with van der Waals surface area (Å²) >= 11 is 1.41. The third-order valence-corrected chi connectivity index (χ3v) is 6.33. The molecule has 4 aromatic rings. The second-order valence-corrected chi connectivity index (χ2v) is 8.78. The zero-order valence-corrected chi connectivity index (χ0v) is 19.7. The first-order chi connectivity index (χ1) is 17.1. The molecule has 0 radical (unpaired) electrons. The molecule has 0 atom stereocenters. The van der Waals surface area contributed by atoms with Crippen LogP contribution in [0.2, 0.25) is 0 Å². The molecule has 35 heavy (non-hydrogen) atoms. The van der Waals surface area contributed by atoms with Crippen molar-refractivity contribution in [2.24, 2.45) is 0 Å². The molecule has 0 aliphatic carbocycles. The number of ketones is 1. The summed E-state index contributed by atoms with van der Waals surface area (Å²) in [6.07, 6.45) is 1.78. The number of allylic oxidation sites excluding steroid dienone is 1. The van der Waals surface area contributed by atoms with Gasteiger partial charge in [-0.25, -0.2) is 4.98 Å². The Hall–Kier alpha value is -4.41. The van der Waals surface area contributed by atoms with Gasteiger partial charge in [-0.15, -0.1) is 11.3 Å². The van der Waals surface area contributed by atoms with Crippen LogP contribution in [0.5, 0.6) is 17.2 Å². The van der Waals surface area contributed by atoms with E-state index in [1.54, 1.807) is 30.3 Å². The lowest BCUT2D eigenvalue weighted by atomic mass is 10.1. The molecule has 5 rings (SSSR count). The normalized spacial score (nSPS) is 12.3. The van der Waals surface area contributed by atoms with Crippen molar-refractivity contribution < 1.29 is 19.0 Å². The molecule has 2 heterocycles. The minimum absolute atomic E-state index is 0.0383. The SMILES string of the molecule is Cc1ccc(C(=O)COc2ccc(/C=C(\C#N)c3nc(-c4ccc5c(c4)OCO5)cs3)cc2)cc1. The van der Waals surface area contributed by atoms with Gasteiger partial charge in [-0.1, -0.05) is 42.0 Å². The molecule has 0 bridgehead atoms. The van der Waals surface area contributed by atoms with Crippen LogP contribution in [-0.4, -0.2) is 24.2 Å². The summed E-state index contributed by atoms with van der Waals surface area (Å²) in [5.41, 5.74) is 4.69. The predicted molar refractivity (Wildman–Crippen MR) is 135 cm³/mol. The number of carbonyl (C=O) groups is 1. The smallest absolute Gasteiger partial charge is 0.231 e. The first-order valence-electron chi connectivity index (χ1n) is 10.9. The average Bonchev–Trinajstić information content (AvgIpc) is 3.56. The van der Waals surface area contributed by atoms with Crippen molar-refractivity contribution in [3.63, 3.8) is 0 Å². The minimum Gasteiger partial charge on any atom is -0.485 e. The van der Waals surface area contributed by atoms with Crippen LogP contribution in [0.1, 0.15) is 26.5 Å². The van der Waals surface area contributed by atoms with Gasteiger partial charge in [-0.2, -0.15) is 5.26 Å². The fourth-order valence-corrected chi connectivity index (χ4v) is 4.32. The molecule has 0 unspecified atom stereocenters. The summed E-state index contributed by atoms with van der Waals surface area (Å²) in [6, 6.07) is 22.6. The lowest BCUT2D eigenvalue weighted by Gasteiger charge is -2.06. The van der Waals surface area contributed by atoms with Crippen molar-refractivity contribution in [1.29, 1.82) is 5.26 Å². The number of hydrogen-bond donors (Lipinski definition) is 0. The zero-order chi connectivity index (χ0) is 24.2. The lowest BCUT2D eigenvalue weighted by Crippen LogP contribution is -2.11. The minimum atomic E-state index is -0.0808. The standard InChI is InChI=1S/C28H20N2O4S/c1-18-2-6-20(7-3-18)25(31)15-32-23-9-4-19(5-10-23)12-22(14-29)28-30-24(16-35-28)21-8-11-26-27(13-21)34-17-33-26/h2-13,16H,15,17H2,1H3/b22-12+. The van der Waals surface area contributed by atoms with Crippen molar-refractivity contribution in [3.8, 4) is 34.6 Å². The van der Waals surface area contributed by atoms with Gasteiger partial charge in [-0.3, -0.25) is 4.79 Å². The van der Waals surface area contributed by atoms with E-state index in [0.29, 0.717) is 33.4 Å². The van der Waals surface area contributed by atoms with E-state index < -0.39 is 0 Å². The quantitative estimate of drug-likeness (QED) is 0.232. The summed E-state index contributed by atoms with van der Waals surface area (Å²) in [5, 5.41) is 12.3. The summed E-state index contributed by atoms with van der Waals surface area (Å²) in [7, 11) is 0. The van der Waals surface area contributed by atoms with Gasteiger partial charge < -0.3 is 14.2 Å². The van der Waals surface area contributed by atoms with Crippen LogP contribution in [0, 0.1) is 18.3 Å². The Kier molecular flexibility index (Phi) is 6.29. The Labute approximate surface area is 206 Å². The van der Waals surface area contributed by atoms with Crippen LogP contribution in [0.15, 0.2) is 72.1 Å². The number of thiazole rings is 1. The monoisotopic (exact) mass is 480 g/mol. The average molecular weight is 481 g/mol. The number of aryl methyl sites for hydroxylation is 1. The number of aromatic nitrogens is 1. The molecule has 172 valence electrons. The second kappa shape index (κ2) is 9.84. The van der Waals surface area contributed by atoms with Crippen LogP contribution in [0.3, 0.4) is 0 Å². The van der Waals surface area contributed by atoms with E-state index in [1.807, 2.05) is 54.8 Å². The Balaban J connectivity index is 1.26. The molecule has 0 N–H and O–H groups in total. The van der Waals surface area contributed by atoms with E-state index in [9.17, 15) is 10.1 Å². The third-order valence-electron chi connectivity index (χ3n) is 5.46. The van der Waals surface area contributed by atoms with Crippen LogP contribution in [0.4, 0.5) is 0 Å². The highest BCUT2D eigenvalue weighted by atomic mass is 32.1. The predicted octanol–water partition coefficient (Wildman–Crippen LogP) is 6.17. The van der Waals surface area contributed by atoms with Crippen LogP contribution >= 0.6 is 11.3 Å². The largest absolute Gasteiger partial charge is 0.485 e. The van der Waals surface area contributed by atoms with Crippen LogP contribution < -0.4 is 14.2 Å². The van der Waals surface area contributed by atoms with Crippen LogP contribution in [-0.2, 0) is 0 Å². The summed E-state index contributed by atoms with van der Waals surface area (Å²) in [5.74, 6) is 1.91. The van der Waals surface area contributed by atoms with Gasteiger partial charge in [0.1, 0.15) is 16.8 Å². The van der Waals surface area contributed by atoms with E-state index in [0.717, 1.165) is 22.4 Å². The number of fused-ring (bicyclic) bond motifs is 1. The second-order valence-electron chi connectivity index (χ2n) is 7.92. The van der Waals surface area contributed by atoms with Crippen molar-refractivity contribution >= 4 is 28.8 Å². The van der Waals surface area contributed by atoms with Crippen molar-refractivity contribution in [3.05, 3.63) is 93.8 Å². The number of carbonyl (C=O) groups excluding carboxylic acids is 1. The maximum atomic E-state index is 12.3. The molecule has 0 spiro atoms. The molecule has 0 amide bonds. The Morgan fingerprint density at radius 1 is 1.09 bits per heavy atom. The summed E-state index contributed by atoms with van der Waals surface area (Å²) < 4.78 is 16.4. The van der Waals surface area contributed by atoms with E-state index in [2.05, 4.69) is 11.1 Å². The Morgan fingerprint density at radius 3 is 2.63 bits per heavy atom. The molecular formula is C28H20N2O4S. The van der Waals surface area contributed by atoms with Gasteiger partial charge in [0.2, 0.25) is 6.79 Å². The lowest BCUT2D eigenvalue weighted by molar-refractivity contribution is 0.0921. The van der Waals surface area contributed by atoms with Gasteiger partial charge in [-0.05, 0) is 48.9 Å². The number of ether oxygens (including phenoxy) is 3. The zero-order valence-electron chi connectivity index (χ0n) is 18.9. The van der Waals surface area contributed by atoms with Crippen molar-refractivity contribution in [2.45, 2.75) is 6.92 Å². The number of rotatable bonds is 7. The molecule has 7 heteroatoms. The van der Waals surface area contributed by atoms with Crippen molar-refractivity contribution in [2.75, 3.05) is 13.4 Å². The number of nitriles is 1. The van der Waals surface area contributed by atoms with E-state index in [-0.39, 0.29) is 19.2 Å². The molecule has 3 aromatic carbocycles. The summed E-state index contributed by atoms with van der Waals surface area (Å²) in [4.78, 5) is 17.0. The molecule has 0 saturated carbocycles. The maximum Gasteiger partial charge on any atom is 0.231 e. The van der Waals surface area contributed by atoms with E-state index in [1.165, 1.54) is 11.3 Å². The van der Waals surface area contributed by atoms with Gasteiger partial charge in [0.15, 0.2) is 23.9 Å². The maximum absolute atomic E-state index is 12.3.